The van der Waals surface area contributed by atoms with Crippen LogP contribution in [0.2, 0.25) is 0 Å². The molecule has 1 unspecified atom stereocenters. The van der Waals surface area contributed by atoms with Crippen molar-refractivity contribution in [2.45, 2.75) is 37.5 Å². The van der Waals surface area contributed by atoms with E-state index < -0.39 is 0 Å². The van der Waals surface area contributed by atoms with Gasteiger partial charge in [0.25, 0.3) is 0 Å². The minimum Gasteiger partial charge on any atom is -0.306 e. The van der Waals surface area contributed by atoms with Crippen LogP contribution in [0.5, 0.6) is 0 Å². The maximum absolute atomic E-state index is 12.7. The van der Waals surface area contributed by atoms with Gasteiger partial charge in [0.2, 0.25) is 5.91 Å². The number of amides is 1. The SMILES string of the molecule is CC(=O)c1ccc2c(c1)N(Cc1cccc(C)c1)C(=O)C(C)S2. The van der Waals surface area contributed by atoms with Crippen LogP contribution in [-0.2, 0) is 11.3 Å². The zero-order valence-electron chi connectivity index (χ0n) is 13.5. The largest absolute Gasteiger partial charge is 0.306 e. The summed E-state index contributed by atoms with van der Waals surface area (Å²) in [5.41, 5.74) is 3.75. The highest BCUT2D eigenvalue weighted by molar-refractivity contribution is 8.00. The van der Waals surface area contributed by atoms with E-state index in [-0.39, 0.29) is 16.9 Å². The van der Waals surface area contributed by atoms with E-state index in [0.29, 0.717) is 12.1 Å². The molecule has 1 aliphatic heterocycles. The molecule has 4 heteroatoms. The molecule has 3 rings (SSSR count). The molecule has 1 aliphatic rings. The van der Waals surface area contributed by atoms with Gasteiger partial charge in [0.15, 0.2) is 5.78 Å². The summed E-state index contributed by atoms with van der Waals surface area (Å²) in [6.07, 6.45) is 0. The van der Waals surface area contributed by atoms with Crippen molar-refractivity contribution in [1.82, 2.24) is 0 Å². The summed E-state index contributed by atoms with van der Waals surface area (Å²) in [6.45, 7) is 6.05. The Kier molecular flexibility index (Phi) is 4.26. The predicted octanol–water partition coefficient (Wildman–Crippen LogP) is 4.23. The van der Waals surface area contributed by atoms with E-state index in [4.69, 9.17) is 0 Å². The molecule has 0 fully saturated rings. The highest BCUT2D eigenvalue weighted by atomic mass is 32.2. The number of nitrogens with zero attached hydrogens (tertiary/aromatic N) is 1. The number of anilines is 1. The first-order valence-corrected chi connectivity index (χ1v) is 8.52. The zero-order valence-corrected chi connectivity index (χ0v) is 14.3. The molecule has 1 atom stereocenters. The molecule has 1 heterocycles. The Morgan fingerprint density at radius 1 is 1.22 bits per heavy atom. The van der Waals surface area contributed by atoms with Crippen molar-refractivity contribution in [1.29, 1.82) is 0 Å². The van der Waals surface area contributed by atoms with E-state index in [2.05, 4.69) is 6.07 Å². The molecular formula is C19H19NO2S. The van der Waals surface area contributed by atoms with Crippen LogP contribution in [0.1, 0.15) is 35.3 Å². The van der Waals surface area contributed by atoms with Crippen molar-refractivity contribution in [2.75, 3.05) is 4.90 Å². The number of carbonyl (C=O) groups excluding carboxylic acids is 2. The predicted molar refractivity (Wildman–Crippen MR) is 94.1 cm³/mol. The molecule has 118 valence electrons. The number of thioether (sulfide) groups is 1. The first-order valence-electron chi connectivity index (χ1n) is 7.64. The van der Waals surface area contributed by atoms with Gasteiger partial charge < -0.3 is 4.90 Å². The Labute approximate surface area is 140 Å². The number of Topliss-reactive ketones (excluding diaryl/α,β-unsaturated/α-hetero) is 1. The van der Waals surface area contributed by atoms with Gasteiger partial charge in [-0.3, -0.25) is 9.59 Å². The first kappa shape index (κ1) is 15.8. The summed E-state index contributed by atoms with van der Waals surface area (Å²) < 4.78 is 0. The number of benzene rings is 2. The third kappa shape index (κ3) is 3.17. The highest BCUT2D eigenvalue weighted by Gasteiger charge is 2.31. The quantitative estimate of drug-likeness (QED) is 0.793. The molecule has 1 amide bonds. The molecule has 0 N–H and O–H groups in total. The van der Waals surface area contributed by atoms with E-state index in [1.165, 1.54) is 5.56 Å². The molecule has 0 bridgehead atoms. The summed E-state index contributed by atoms with van der Waals surface area (Å²) in [5, 5.41) is -0.115. The summed E-state index contributed by atoms with van der Waals surface area (Å²) in [7, 11) is 0. The van der Waals surface area contributed by atoms with Crippen LogP contribution < -0.4 is 4.90 Å². The van der Waals surface area contributed by atoms with Gasteiger partial charge in [-0.25, -0.2) is 0 Å². The van der Waals surface area contributed by atoms with Gasteiger partial charge in [-0.2, -0.15) is 0 Å². The average molecular weight is 325 g/mol. The van der Waals surface area contributed by atoms with Gasteiger partial charge in [0.1, 0.15) is 0 Å². The standard InChI is InChI=1S/C19H19NO2S/c1-12-5-4-6-15(9-12)11-20-17-10-16(13(2)21)7-8-18(17)23-14(3)19(20)22/h4-10,14H,11H2,1-3H3. The van der Waals surface area contributed by atoms with Gasteiger partial charge >= 0.3 is 0 Å². The Morgan fingerprint density at radius 2 is 2.00 bits per heavy atom. The molecule has 3 nitrogen and oxygen atoms in total. The molecule has 0 aromatic heterocycles. The van der Waals surface area contributed by atoms with Gasteiger partial charge in [-0.15, -0.1) is 11.8 Å². The maximum Gasteiger partial charge on any atom is 0.240 e. The van der Waals surface area contributed by atoms with Crippen LogP contribution >= 0.6 is 11.8 Å². The van der Waals surface area contributed by atoms with Gasteiger partial charge in [-0.1, -0.05) is 35.9 Å². The molecule has 2 aromatic carbocycles. The molecule has 0 radical (unpaired) electrons. The topological polar surface area (TPSA) is 37.4 Å². The minimum absolute atomic E-state index is 0.0133. The number of carbonyl (C=O) groups is 2. The minimum atomic E-state index is -0.115. The van der Waals surface area contributed by atoms with Crippen LogP contribution in [0.15, 0.2) is 47.4 Å². The second kappa shape index (κ2) is 6.20. The van der Waals surface area contributed by atoms with Gasteiger partial charge in [0, 0.05) is 10.5 Å². The molecule has 23 heavy (non-hydrogen) atoms. The van der Waals surface area contributed by atoms with E-state index in [1.54, 1.807) is 23.6 Å². The van der Waals surface area contributed by atoms with Crippen molar-refractivity contribution in [3.63, 3.8) is 0 Å². The third-order valence-electron chi connectivity index (χ3n) is 4.00. The maximum atomic E-state index is 12.7. The Bertz CT molecular complexity index is 785. The summed E-state index contributed by atoms with van der Waals surface area (Å²) in [5.74, 6) is 0.101. The number of hydrogen-bond acceptors (Lipinski definition) is 3. The van der Waals surface area contributed by atoms with E-state index >= 15 is 0 Å². The Balaban J connectivity index is 2.03. The number of ketones is 1. The van der Waals surface area contributed by atoms with Crippen molar-refractivity contribution in [3.05, 3.63) is 59.2 Å². The molecule has 0 spiro atoms. The summed E-state index contributed by atoms with van der Waals surface area (Å²) >= 11 is 1.56. The lowest BCUT2D eigenvalue weighted by molar-refractivity contribution is -0.118. The first-order chi connectivity index (χ1) is 11.0. The monoisotopic (exact) mass is 325 g/mol. The van der Waals surface area contributed by atoms with Crippen molar-refractivity contribution in [3.8, 4) is 0 Å². The Morgan fingerprint density at radius 3 is 2.70 bits per heavy atom. The number of hydrogen-bond donors (Lipinski definition) is 0. The number of aryl methyl sites for hydroxylation is 1. The van der Waals surface area contributed by atoms with Crippen LogP contribution in [0.3, 0.4) is 0 Å². The van der Waals surface area contributed by atoms with Crippen molar-refractivity contribution in [2.24, 2.45) is 0 Å². The van der Waals surface area contributed by atoms with Crippen LogP contribution in [-0.4, -0.2) is 16.9 Å². The fourth-order valence-corrected chi connectivity index (χ4v) is 3.83. The van der Waals surface area contributed by atoms with Crippen molar-refractivity contribution >= 4 is 29.1 Å². The molecule has 0 saturated carbocycles. The lowest BCUT2D eigenvalue weighted by atomic mass is 10.1. The third-order valence-corrected chi connectivity index (χ3v) is 5.15. The lowest BCUT2D eigenvalue weighted by Gasteiger charge is -2.32. The van der Waals surface area contributed by atoms with Crippen molar-refractivity contribution < 1.29 is 9.59 Å². The molecular weight excluding hydrogens is 306 g/mol. The number of fused-ring (bicyclic) bond motifs is 1. The normalized spacial score (nSPS) is 17.1. The molecule has 0 aliphatic carbocycles. The van der Waals surface area contributed by atoms with Crippen LogP contribution in [0.25, 0.3) is 0 Å². The summed E-state index contributed by atoms with van der Waals surface area (Å²) in [6, 6.07) is 13.8. The smallest absolute Gasteiger partial charge is 0.240 e. The second-order valence-electron chi connectivity index (χ2n) is 5.91. The van der Waals surface area contributed by atoms with E-state index in [1.807, 2.05) is 50.2 Å². The van der Waals surface area contributed by atoms with E-state index in [0.717, 1.165) is 16.1 Å². The Hall–Kier alpha value is -2.07. The fraction of sp³-hybridized carbons (Fsp3) is 0.263. The number of rotatable bonds is 3. The summed E-state index contributed by atoms with van der Waals surface area (Å²) in [4.78, 5) is 27.2. The zero-order chi connectivity index (χ0) is 16.6. The van der Waals surface area contributed by atoms with Gasteiger partial charge in [0.05, 0.1) is 17.5 Å². The van der Waals surface area contributed by atoms with Gasteiger partial charge in [-0.05, 0) is 38.5 Å². The second-order valence-corrected chi connectivity index (χ2v) is 7.29. The average Bonchev–Trinajstić information content (AvgIpc) is 2.51. The molecule has 2 aromatic rings. The van der Waals surface area contributed by atoms with Crippen LogP contribution in [0.4, 0.5) is 5.69 Å². The fourth-order valence-electron chi connectivity index (χ4n) is 2.78. The van der Waals surface area contributed by atoms with E-state index in [9.17, 15) is 9.59 Å². The highest BCUT2D eigenvalue weighted by Crippen LogP contribution is 2.40. The lowest BCUT2D eigenvalue weighted by Crippen LogP contribution is -2.39. The van der Waals surface area contributed by atoms with Crippen LogP contribution in [0, 0.1) is 6.92 Å². The molecule has 0 saturated heterocycles.